The van der Waals surface area contributed by atoms with E-state index in [0.29, 0.717) is 24.0 Å². The predicted molar refractivity (Wildman–Crippen MR) is 82.2 cm³/mol. The minimum Gasteiger partial charge on any atom is -0.334 e. The van der Waals surface area contributed by atoms with Crippen LogP contribution in [-0.2, 0) is 9.59 Å². The van der Waals surface area contributed by atoms with Gasteiger partial charge in [-0.25, -0.2) is 5.43 Å². The second kappa shape index (κ2) is 7.22. The third-order valence-electron chi connectivity index (χ3n) is 3.51. The first-order valence-electron chi connectivity index (χ1n) is 6.94. The van der Waals surface area contributed by atoms with Gasteiger partial charge in [-0.15, -0.1) is 0 Å². The maximum atomic E-state index is 11.9. The van der Waals surface area contributed by atoms with Gasteiger partial charge in [0.25, 0.3) is 0 Å². The Morgan fingerprint density at radius 3 is 2.52 bits per heavy atom. The summed E-state index contributed by atoms with van der Waals surface area (Å²) in [5, 5.41) is 4.42. The average Bonchev–Trinajstić information content (AvgIpc) is 2.49. The summed E-state index contributed by atoms with van der Waals surface area (Å²) in [5.41, 5.74) is 3.05. The number of rotatable bonds is 2. The van der Waals surface area contributed by atoms with E-state index in [1.54, 1.807) is 29.2 Å². The quantitative estimate of drug-likeness (QED) is 0.516. The molecule has 1 saturated heterocycles. The van der Waals surface area contributed by atoms with Crippen LogP contribution in [0.3, 0.4) is 0 Å². The number of hydrogen-bond acceptors (Lipinski definition) is 3. The molecule has 0 aromatic heterocycles. The topological polar surface area (TPSA) is 61.8 Å². The molecule has 0 bridgehead atoms. The number of nitrogens with one attached hydrogen (secondary N) is 1. The van der Waals surface area contributed by atoms with E-state index < -0.39 is 11.8 Å². The molecular formula is C15H18ClN3O2. The van der Waals surface area contributed by atoms with Crippen LogP contribution in [0.25, 0.3) is 0 Å². The molecule has 0 spiro atoms. The van der Waals surface area contributed by atoms with Gasteiger partial charge in [0.15, 0.2) is 0 Å². The zero-order valence-electron chi connectivity index (χ0n) is 11.9. The molecule has 1 aromatic rings. The van der Waals surface area contributed by atoms with Crippen molar-refractivity contribution in [3.63, 3.8) is 0 Å². The number of piperidine rings is 1. The van der Waals surface area contributed by atoms with Crippen LogP contribution < -0.4 is 5.43 Å². The van der Waals surface area contributed by atoms with Crippen LogP contribution in [-0.4, -0.2) is 36.0 Å². The lowest BCUT2D eigenvalue weighted by molar-refractivity contribution is -0.146. The van der Waals surface area contributed by atoms with E-state index in [9.17, 15) is 9.59 Å². The molecule has 0 aliphatic carbocycles. The van der Waals surface area contributed by atoms with Crippen molar-refractivity contribution in [1.29, 1.82) is 0 Å². The number of carbonyl (C=O) groups is 2. The van der Waals surface area contributed by atoms with Gasteiger partial charge in [-0.05, 0) is 36.5 Å². The van der Waals surface area contributed by atoms with Crippen LogP contribution in [0.2, 0.25) is 5.02 Å². The smallest absolute Gasteiger partial charge is 0.329 e. The molecule has 6 heteroatoms. The maximum absolute atomic E-state index is 11.9. The van der Waals surface area contributed by atoms with Crippen molar-refractivity contribution in [1.82, 2.24) is 10.3 Å². The average molecular weight is 308 g/mol. The summed E-state index contributed by atoms with van der Waals surface area (Å²) in [6.07, 6.45) is 3.35. The van der Waals surface area contributed by atoms with Crippen molar-refractivity contribution in [2.45, 2.75) is 19.8 Å². The Labute approximate surface area is 129 Å². The number of halogens is 1. The standard InChI is InChI=1S/C15H18ClN3O2/c1-11-6-8-19(9-7-11)15(21)14(20)18-17-10-12-2-4-13(16)5-3-12/h2-5,10-11H,6-9H2,1H3,(H,18,20)/b17-10-. The Kier molecular flexibility index (Phi) is 5.33. The molecule has 0 unspecified atom stereocenters. The molecule has 2 rings (SSSR count). The maximum Gasteiger partial charge on any atom is 0.329 e. The van der Waals surface area contributed by atoms with Crippen molar-refractivity contribution in [3.8, 4) is 0 Å². The van der Waals surface area contributed by atoms with Gasteiger partial charge in [0.2, 0.25) is 0 Å². The van der Waals surface area contributed by atoms with Crippen molar-refractivity contribution in [2.24, 2.45) is 11.0 Å². The van der Waals surface area contributed by atoms with Crippen molar-refractivity contribution >= 4 is 29.6 Å². The van der Waals surface area contributed by atoms with Crippen LogP contribution >= 0.6 is 11.6 Å². The van der Waals surface area contributed by atoms with Gasteiger partial charge in [0, 0.05) is 18.1 Å². The zero-order chi connectivity index (χ0) is 15.2. The Hall–Kier alpha value is -1.88. The zero-order valence-corrected chi connectivity index (χ0v) is 12.6. The molecule has 2 amide bonds. The van der Waals surface area contributed by atoms with Gasteiger partial charge in [-0.1, -0.05) is 30.7 Å². The lowest BCUT2D eigenvalue weighted by Gasteiger charge is -2.29. The van der Waals surface area contributed by atoms with E-state index in [4.69, 9.17) is 11.6 Å². The summed E-state index contributed by atoms with van der Waals surface area (Å²) in [5.74, 6) is -0.607. The minimum atomic E-state index is -0.699. The molecule has 1 aliphatic rings. The first-order valence-corrected chi connectivity index (χ1v) is 7.32. The predicted octanol–water partition coefficient (Wildman–Crippen LogP) is 2.05. The molecule has 5 nitrogen and oxygen atoms in total. The van der Waals surface area contributed by atoms with Gasteiger partial charge in [-0.3, -0.25) is 9.59 Å². The van der Waals surface area contributed by atoms with E-state index in [1.807, 2.05) is 0 Å². The molecule has 1 heterocycles. The van der Waals surface area contributed by atoms with E-state index in [2.05, 4.69) is 17.5 Å². The van der Waals surface area contributed by atoms with Crippen LogP contribution in [0.15, 0.2) is 29.4 Å². The molecular weight excluding hydrogens is 290 g/mol. The van der Waals surface area contributed by atoms with Crippen molar-refractivity contribution < 1.29 is 9.59 Å². The van der Waals surface area contributed by atoms with Gasteiger partial charge in [-0.2, -0.15) is 5.10 Å². The normalized spacial score (nSPS) is 16.2. The number of benzene rings is 1. The van der Waals surface area contributed by atoms with Crippen LogP contribution in [0.5, 0.6) is 0 Å². The number of nitrogens with zero attached hydrogens (tertiary/aromatic N) is 2. The second-order valence-electron chi connectivity index (χ2n) is 5.23. The number of carbonyl (C=O) groups excluding carboxylic acids is 2. The highest BCUT2D eigenvalue weighted by Gasteiger charge is 2.25. The molecule has 112 valence electrons. The highest BCUT2D eigenvalue weighted by molar-refractivity contribution is 6.35. The number of likely N-dealkylation sites (tertiary alicyclic amines) is 1. The molecule has 0 saturated carbocycles. The Morgan fingerprint density at radius 2 is 1.90 bits per heavy atom. The van der Waals surface area contributed by atoms with Crippen LogP contribution in [0, 0.1) is 5.92 Å². The lowest BCUT2D eigenvalue weighted by atomic mass is 9.99. The minimum absolute atomic E-state index is 0.518. The molecule has 21 heavy (non-hydrogen) atoms. The Morgan fingerprint density at radius 1 is 1.29 bits per heavy atom. The largest absolute Gasteiger partial charge is 0.334 e. The molecule has 1 fully saturated rings. The van der Waals surface area contributed by atoms with Crippen LogP contribution in [0.4, 0.5) is 0 Å². The molecule has 0 radical (unpaired) electrons. The summed E-state index contributed by atoms with van der Waals surface area (Å²) in [4.78, 5) is 25.2. The van der Waals surface area contributed by atoms with E-state index in [-0.39, 0.29) is 0 Å². The van der Waals surface area contributed by atoms with Gasteiger partial charge < -0.3 is 4.90 Å². The van der Waals surface area contributed by atoms with Gasteiger partial charge in [0.05, 0.1) is 6.21 Å². The van der Waals surface area contributed by atoms with Gasteiger partial charge in [0.1, 0.15) is 0 Å². The molecule has 1 aromatic carbocycles. The second-order valence-corrected chi connectivity index (χ2v) is 5.66. The molecule has 1 N–H and O–H groups in total. The fraction of sp³-hybridized carbons (Fsp3) is 0.400. The SMILES string of the molecule is CC1CCN(C(=O)C(=O)N/N=C\c2ccc(Cl)cc2)CC1. The third kappa shape index (κ3) is 4.56. The summed E-state index contributed by atoms with van der Waals surface area (Å²) < 4.78 is 0. The first kappa shape index (κ1) is 15.5. The highest BCUT2D eigenvalue weighted by Crippen LogP contribution is 2.15. The van der Waals surface area contributed by atoms with E-state index in [0.717, 1.165) is 18.4 Å². The molecule has 1 aliphatic heterocycles. The summed E-state index contributed by atoms with van der Waals surface area (Å²) in [6, 6.07) is 6.99. The fourth-order valence-electron chi connectivity index (χ4n) is 2.12. The fourth-order valence-corrected chi connectivity index (χ4v) is 2.24. The summed E-state index contributed by atoms with van der Waals surface area (Å²) in [6.45, 7) is 3.42. The number of hydrogen-bond donors (Lipinski definition) is 1. The highest BCUT2D eigenvalue weighted by atomic mass is 35.5. The monoisotopic (exact) mass is 307 g/mol. The Balaban J connectivity index is 1.83. The first-order chi connectivity index (χ1) is 10.1. The van der Waals surface area contributed by atoms with Crippen molar-refractivity contribution in [3.05, 3.63) is 34.9 Å². The summed E-state index contributed by atoms with van der Waals surface area (Å²) >= 11 is 5.77. The van der Waals surface area contributed by atoms with E-state index >= 15 is 0 Å². The van der Waals surface area contributed by atoms with Crippen LogP contribution in [0.1, 0.15) is 25.3 Å². The number of amides is 2. The van der Waals surface area contributed by atoms with Crippen molar-refractivity contribution in [2.75, 3.05) is 13.1 Å². The third-order valence-corrected chi connectivity index (χ3v) is 3.77. The van der Waals surface area contributed by atoms with E-state index in [1.165, 1.54) is 6.21 Å². The lowest BCUT2D eigenvalue weighted by Crippen LogP contribution is -2.45. The number of hydrazone groups is 1. The molecule has 0 atom stereocenters. The Bertz CT molecular complexity index is 534. The summed E-state index contributed by atoms with van der Waals surface area (Å²) in [7, 11) is 0. The van der Waals surface area contributed by atoms with Gasteiger partial charge >= 0.3 is 11.8 Å².